The maximum absolute atomic E-state index is 13.2. The second-order valence-corrected chi connectivity index (χ2v) is 7.96. The fourth-order valence-electron chi connectivity index (χ4n) is 3.94. The number of aromatic amines is 1. The number of benzene rings is 2. The Morgan fingerprint density at radius 3 is 2.66 bits per heavy atom. The molecule has 2 N–H and O–H groups in total. The van der Waals surface area contributed by atoms with E-state index in [9.17, 15) is 9.59 Å². The minimum atomic E-state index is -0.246. The summed E-state index contributed by atoms with van der Waals surface area (Å²) in [6, 6.07) is 14.7. The first-order valence-electron chi connectivity index (χ1n) is 10.2. The number of carbonyl (C=O) groups excluding carboxylic acids is 1. The number of amides is 1. The van der Waals surface area contributed by atoms with Gasteiger partial charge in [0.2, 0.25) is 0 Å². The number of hydrogen-bond donors (Lipinski definition) is 2. The molecule has 2 aromatic carbocycles. The molecule has 7 nitrogen and oxygen atoms in total. The van der Waals surface area contributed by atoms with E-state index in [1.54, 1.807) is 36.1 Å². The maximum atomic E-state index is 13.2. The van der Waals surface area contributed by atoms with E-state index in [0.717, 1.165) is 38.6 Å². The Labute approximate surface area is 183 Å². The second-order valence-electron chi connectivity index (χ2n) is 7.96. The molecule has 0 aliphatic rings. The number of anilines is 1. The van der Waals surface area contributed by atoms with Gasteiger partial charge in [-0.3, -0.25) is 19.7 Å². The SMILES string of the molecule is Cc1cc2c(cn1)cc(-c1cc(C(=O)Nc3ccc4[nH]ncc4c3)ccc1C)c(=O)n2C. The van der Waals surface area contributed by atoms with Gasteiger partial charge in [0.15, 0.2) is 0 Å². The Balaban J connectivity index is 1.55. The van der Waals surface area contributed by atoms with E-state index in [-0.39, 0.29) is 11.5 Å². The smallest absolute Gasteiger partial charge is 0.258 e. The molecular weight excluding hydrogens is 402 g/mol. The van der Waals surface area contributed by atoms with Crippen molar-refractivity contribution in [3.63, 3.8) is 0 Å². The van der Waals surface area contributed by atoms with E-state index in [4.69, 9.17) is 0 Å². The summed E-state index contributed by atoms with van der Waals surface area (Å²) in [4.78, 5) is 30.5. The monoisotopic (exact) mass is 423 g/mol. The van der Waals surface area contributed by atoms with Crippen molar-refractivity contribution in [1.82, 2.24) is 19.7 Å². The Morgan fingerprint density at radius 2 is 1.81 bits per heavy atom. The molecule has 32 heavy (non-hydrogen) atoms. The van der Waals surface area contributed by atoms with Gasteiger partial charge in [-0.25, -0.2) is 0 Å². The first kappa shape index (κ1) is 19.7. The van der Waals surface area contributed by atoms with Crippen molar-refractivity contribution in [3.8, 4) is 11.1 Å². The van der Waals surface area contributed by atoms with Crippen LogP contribution in [-0.4, -0.2) is 25.7 Å². The Bertz CT molecular complexity index is 1580. The molecule has 0 saturated heterocycles. The lowest BCUT2D eigenvalue weighted by Gasteiger charge is -2.13. The Hall–Kier alpha value is -4.26. The number of aryl methyl sites for hydroxylation is 3. The van der Waals surface area contributed by atoms with E-state index < -0.39 is 0 Å². The summed E-state index contributed by atoms with van der Waals surface area (Å²) >= 11 is 0. The van der Waals surface area contributed by atoms with Crippen LogP contribution in [0, 0.1) is 13.8 Å². The van der Waals surface area contributed by atoms with Gasteiger partial charge < -0.3 is 9.88 Å². The molecule has 0 fully saturated rings. The zero-order chi connectivity index (χ0) is 22.4. The average molecular weight is 423 g/mol. The van der Waals surface area contributed by atoms with Crippen LogP contribution in [-0.2, 0) is 7.05 Å². The van der Waals surface area contributed by atoms with Crippen LogP contribution >= 0.6 is 0 Å². The molecule has 1 amide bonds. The first-order chi connectivity index (χ1) is 15.4. The van der Waals surface area contributed by atoms with Gasteiger partial charge in [-0.05, 0) is 67.4 Å². The minimum Gasteiger partial charge on any atom is -0.322 e. The van der Waals surface area contributed by atoms with Crippen LogP contribution in [0.25, 0.3) is 32.9 Å². The van der Waals surface area contributed by atoms with E-state index in [1.807, 2.05) is 50.2 Å². The van der Waals surface area contributed by atoms with E-state index in [1.165, 1.54) is 0 Å². The molecule has 0 spiro atoms. The Morgan fingerprint density at radius 1 is 0.969 bits per heavy atom. The molecule has 0 atom stereocenters. The summed E-state index contributed by atoms with van der Waals surface area (Å²) in [5.41, 5.74) is 5.79. The van der Waals surface area contributed by atoms with Gasteiger partial charge in [-0.1, -0.05) is 6.07 Å². The lowest BCUT2D eigenvalue weighted by molar-refractivity contribution is 0.102. The molecule has 5 rings (SSSR count). The highest BCUT2D eigenvalue weighted by Gasteiger charge is 2.15. The zero-order valence-corrected chi connectivity index (χ0v) is 17.9. The van der Waals surface area contributed by atoms with Crippen LogP contribution in [0.3, 0.4) is 0 Å². The normalized spacial score (nSPS) is 11.2. The molecule has 0 bridgehead atoms. The summed E-state index contributed by atoms with van der Waals surface area (Å²) in [5.74, 6) is -0.246. The van der Waals surface area contributed by atoms with E-state index >= 15 is 0 Å². The quantitative estimate of drug-likeness (QED) is 0.451. The van der Waals surface area contributed by atoms with Crippen molar-refractivity contribution in [3.05, 3.63) is 88.1 Å². The van der Waals surface area contributed by atoms with Crippen molar-refractivity contribution < 1.29 is 4.79 Å². The summed E-state index contributed by atoms with van der Waals surface area (Å²) in [6.45, 7) is 3.83. The third kappa shape index (κ3) is 3.33. The number of carbonyl (C=O) groups is 1. The fourth-order valence-corrected chi connectivity index (χ4v) is 3.94. The highest BCUT2D eigenvalue weighted by atomic mass is 16.1. The zero-order valence-electron chi connectivity index (χ0n) is 17.9. The van der Waals surface area contributed by atoms with Crippen molar-refractivity contribution in [2.24, 2.45) is 7.05 Å². The van der Waals surface area contributed by atoms with Crippen molar-refractivity contribution in [2.75, 3.05) is 5.32 Å². The van der Waals surface area contributed by atoms with Gasteiger partial charge in [0.25, 0.3) is 11.5 Å². The van der Waals surface area contributed by atoms with Gasteiger partial charge in [-0.2, -0.15) is 5.10 Å². The number of nitrogens with one attached hydrogen (secondary N) is 2. The second kappa shape index (κ2) is 7.46. The number of pyridine rings is 2. The number of H-pyrrole nitrogens is 1. The molecule has 0 unspecified atom stereocenters. The molecule has 0 radical (unpaired) electrons. The van der Waals surface area contributed by atoms with Gasteiger partial charge in [0.05, 0.1) is 17.2 Å². The van der Waals surface area contributed by atoms with Crippen molar-refractivity contribution >= 4 is 33.4 Å². The van der Waals surface area contributed by atoms with Crippen molar-refractivity contribution in [1.29, 1.82) is 0 Å². The molecule has 158 valence electrons. The van der Waals surface area contributed by atoms with Gasteiger partial charge >= 0.3 is 0 Å². The highest BCUT2D eigenvalue weighted by Crippen LogP contribution is 2.26. The number of fused-ring (bicyclic) bond motifs is 2. The first-order valence-corrected chi connectivity index (χ1v) is 10.2. The average Bonchev–Trinajstić information content (AvgIpc) is 3.25. The van der Waals surface area contributed by atoms with Gasteiger partial charge in [-0.15, -0.1) is 0 Å². The predicted molar refractivity (Wildman–Crippen MR) is 126 cm³/mol. The molecule has 0 saturated carbocycles. The fraction of sp³-hybridized carbons (Fsp3) is 0.120. The number of rotatable bonds is 3. The van der Waals surface area contributed by atoms with E-state index in [0.29, 0.717) is 16.8 Å². The van der Waals surface area contributed by atoms with Gasteiger partial charge in [0, 0.05) is 46.5 Å². The highest BCUT2D eigenvalue weighted by molar-refractivity contribution is 6.06. The van der Waals surface area contributed by atoms with Crippen LogP contribution in [0.5, 0.6) is 0 Å². The van der Waals surface area contributed by atoms with Crippen molar-refractivity contribution in [2.45, 2.75) is 13.8 Å². The topological polar surface area (TPSA) is 92.7 Å². The van der Waals surface area contributed by atoms with Crippen LogP contribution in [0.2, 0.25) is 0 Å². The van der Waals surface area contributed by atoms with Crippen LogP contribution < -0.4 is 10.9 Å². The number of hydrogen-bond acceptors (Lipinski definition) is 4. The molecule has 5 aromatic rings. The standard InChI is InChI=1S/C25H21N5O2/c1-14-4-5-16(24(31)28-19-6-7-22-17(9-19)13-27-29-22)10-20(14)21-11-18-12-26-15(2)8-23(18)30(3)25(21)32/h4-13H,1-3H3,(H,27,29)(H,28,31). The molecule has 7 heteroatoms. The third-order valence-corrected chi connectivity index (χ3v) is 5.73. The number of nitrogens with zero attached hydrogens (tertiary/aromatic N) is 3. The summed E-state index contributed by atoms with van der Waals surface area (Å²) in [6.07, 6.45) is 3.48. The third-order valence-electron chi connectivity index (χ3n) is 5.73. The summed E-state index contributed by atoms with van der Waals surface area (Å²) < 4.78 is 1.63. The summed E-state index contributed by atoms with van der Waals surface area (Å²) in [7, 11) is 1.76. The van der Waals surface area contributed by atoms with Gasteiger partial charge in [0.1, 0.15) is 0 Å². The molecule has 0 aliphatic heterocycles. The maximum Gasteiger partial charge on any atom is 0.258 e. The number of aromatic nitrogens is 4. The Kier molecular flexibility index (Phi) is 4.59. The molecule has 0 aliphatic carbocycles. The van der Waals surface area contributed by atoms with Crippen LogP contribution in [0.4, 0.5) is 5.69 Å². The lowest BCUT2D eigenvalue weighted by atomic mass is 9.97. The lowest BCUT2D eigenvalue weighted by Crippen LogP contribution is -2.20. The summed E-state index contributed by atoms with van der Waals surface area (Å²) in [5, 5.41) is 11.6. The van der Waals surface area contributed by atoms with E-state index in [2.05, 4.69) is 20.5 Å². The largest absolute Gasteiger partial charge is 0.322 e. The minimum absolute atomic E-state index is 0.117. The molecule has 3 aromatic heterocycles. The van der Waals surface area contributed by atoms with Crippen LogP contribution in [0.15, 0.2) is 65.7 Å². The predicted octanol–water partition coefficient (Wildman–Crippen LogP) is 4.35. The van der Waals surface area contributed by atoms with Crippen LogP contribution in [0.1, 0.15) is 21.6 Å². The molecule has 3 heterocycles. The molecular formula is C25H21N5O2.